The van der Waals surface area contributed by atoms with E-state index in [9.17, 15) is 9.50 Å². The van der Waals surface area contributed by atoms with Crippen LogP contribution in [0.4, 0.5) is 10.2 Å². The van der Waals surface area contributed by atoms with E-state index in [1.54, 1.807) is 12.1 Å². The monoisotopic (exact) mass is 289 g/mol. The zero-order valence-corrected chi connectivity index (χ0v) is 12.5. The van der Waals surface area contributed by atoms with Crippen molar-refractivity contribution in [2.45, 2.75) is 32.7 Å². The number of aromatic nitrogens is 2. The smallest absolute Gasteiger partial charge is 0.187 e. The zero-order valence-electron chi connectivity index (χ0n) is 12.5. The van der Waals surface area contributed by atoms with Crippen molar-refractivity contribution in [1.82, 2.24) is 9.97 Å². The number of aryl methyl sites for hydroxylation is 1. The Hall–Kier alpha value is -2.17. The van der Waals surface area contributed by atoms with Crippen molar-refractivity contribution in [3.05, 3.63) is 47.7 Å². The standard InChI is InChI=1S/C16H20FN3O/c1-4-14-15(17)16(19-10-18-14)20(3)11(2)9-12-5-7-13(21)8-6-12/h5-8,10-11,21H,4,9H2,1-3H3. The highest BCUT2D eigenvalue weighted by Gasteiger charge is 2.18. The molecule has 0 amide bonds. The molecule has 1 N–H and O–H groups in total. The molecule has 5 heteroatoms. The lowest BCUT2D eigenvalue weighted by Gasteiger charge is -2.26. The van der Waals surface area contributed by atoms with E-state index in [1.807, 2.05) is 37.9 Å². The number of hydrogen-bond acceptors (Lipinski definition) is 4. The van der Waals surface area contributed by atoms with Gasteiger partial charge in [0.15, 0.2) is 11.6 Å². The average molecular weight is 289 g/mol. The number of phenols is 1. The van der Waals surface area contributed by atoms with Crippen molar-refractivity contribution in [3.63, 3.8) is 0 Å². The minimum absolute atomic E-state index is 0.0728. The molecule has 1 aromatic carbocycles. The maximum atomic E-state index is 14.3. The van der Waals surface area contributed by atoms with Crippen LogP contribution in [0.5, 0.6) is 5.75 Å². The predicted octanol–water partition coefficient (Wildman–Crippen LogP) is 2.95. The maximum Gasteiger partial charge on any atom is 0.187 e. The summed E-state index contributed by atoms with van der Waals surface area (Å²) in [6, 6.07) is 7.12. The van der Waals surface area contributed by atoms with E-state index in [-0.39, 0.29) is 17.6 Å². The van der Waals surface area contributed by atoms with Gasteiger partial charge < -0.3 is 10.0 Å². The molecule has 0 aliphatic carbocycles. The van der Waals surface area contributed by atoms with E-state index in [0.717, 1.165) is 12.0 Å². The van der Waals surface area contributed by atoms with Gasteiger partial charge >= 0.3 is 0 Å². The van der Waals surface area contributed by atoms with Crippen molar-refractivity contribution in [1.29, 1.82) is 0 Å². The number of phenolic OH excluding ortho intramolecular Hbond substituents is 1. The summed E-state index contributed by atoms with van der Waals surface area (Å²) in [6.07, 6.45) is 2.68. The maximum absolute atomic E-state index is 14.3. The first-order chi connectivity index (χ1) is 10.0. The first kappa shape index (κ1) is 15.2. The highest BCUT2D eigenvalue weighted by molar-refractivity contribution is 5.41. The number of nitrogens with zero attached hydrogens (tertiary/aromatic N) is 3. The van der Waals surface area contributed by atoms with Crippen LogP contribution in [0.25, 0.3) is 0 Å². The molecule has 1 atom stereocenters. The van der Waals surface area contributed by atoms with Crippen LogP contribution >= 0.6 is 0 Å². The van der Waals surface area contributed by atoms with Gasteiger partial charge in [-0.15, -0.1) is 0 Å². The fraction of sp³-hybridized carbons (Fsp3) is 0.375. The summed E-state index contributed by atoms with van der Waals surface area (Å²) in [5.74, 6) is 0.224. The fourth-order valence-electron chi connectivity index (χ4n) is 2.21. The summed E-state index contributed by atoms with van der Waals surface area (Å²) in [5, 5.41) is 9.30. The van der Waals surface area contributed by atoms with Crippen molar-refractivity contribution in [2.75, 3.05) is 11.9 Å². The molecule has 0 aliphatic rings. The molecule has 0 saturated carbocycles. The summed E-state index contributed by atoms with van der Waals surface area (Å²) in [4.78, 5) is 9.84. The molecule has 21 heavy (non-hydrogen) atoms. The lowest BCUT2D eigenvalue weighted by atomic mass is 10.1. The Labute approximate surface area is 124 Å². The van der Waals surface area contributed by atoms with Gasteiger partial charge in [0, 0.05) is 13.1 Å². The largest absolute Gasteiger partial charge is 0.508 e. The summed E-state index contributed by atoms with van der Waals surface area (Å²) in [7, 11) is 1.83. The molecular formula is C16H20FN3O. The van der Waals surface area contributed by atoms with E-state index >= 15 is 0 Å². The van der Waals surface area contributed by atoms with Crippen molar-refractivity contribution >= 4 is 5.82 Å². The Morgan fingerprint density at radius 1 is 1.24 bits per heavy atom. The number of aromatic hydroxyl groups is 1. The third-order valence-electron chi connectivity index (χ3n) is 3.64. The van der Waals surface area contributed by atoms with Crippen LogP contribution in [0.1, 0.15) is 25.1 Å². The highest BCUT2D eigenvalue weighted by Crippen LogP contribution is 2.21. The quantitative estimate of drug-likeness (QED) is 0.919. The Balaban J connectivity index is 2.15. The molecule has 2 rings (SSSR count). The first-order valence-electron chi connectivity index (χ1n) is 7.03. The van der Waals surface area contributed by atoms with Gasteiger partial charge in [-0.25, -0.2) is 14.4 Å². The molecular weight excluding hydrogens is 269 g/mol. The lowest BCUT2D eigenvalue weighted by Crippen LogP contribution is -2.32. The molecule has 2 aromatic rings. The van der Waals surface area contributed by atoms with E-state index in [4.69, 9.17) is 0 Å². The normalized spacial score (nSPS) is 12.2. The summed E-state index contributed by atoms with van der Waals surface area (Å²) < 4.78 is 14.3. The first-order valence-corrected chi connectivity index (χ1v) is 7.03. The third kappa shape index (κ3) is 3.48. The molecule has 0 saturated heterocycles. The average Bonchev–Trinajstić information content (AvgIpc) is 2.49. The van der Waals surface area contributed by atoms with Crippen LogP contribution in [0.15, 0.2) is 30.6 Å². The van der Waals surface area contributed by atoms with Crippen LogP contribution in [0.3, 0.4) is 0 Å². The van der Waals surface area contributed by atoms with Gasteiger partial charge in [0.05, 0.1) is 5.69 Å². The Kier molecular flexibility index (Phi) is 4.73. The van der Waals surface area contributed by atoms with E-state index in [1.165, 1.54) is 6.33 Å². The molecule has 4 nitrogen and oxygen atoms in total. The number of halogens is 1. The lowest BCUT2D eigenvalue weighted by molar-refractivity contribution is 0.475. The van der Waals surface area contributed by atoms with Crippen molar-refractivity contribution in [3.8, 4) is 5.75 Å². The molecule has 0 spiro atoms. The Morgan fingerprint density at radius 3 is 2.52 bits per heavy atom. The molecule has 112 valence electrons. The summed E-state index contributed by atoms with van der Waals surface area (Å²) in [5.41, 5.74) is 1.51. The van der Waals surface area contributed by atoms with E-state index < -0.39 is 0 Å². The number of anilines is 1. The molecule has 0 bridgehead atoms. The summed E-state index contributed by atoms with van der Waals surface area (Å²) >= 11 is 0. The molecule has 0 radical (unpaired) electrons. The highest BCUT2D eigenvalue weighted by atomic mass is 19.1. The second-order valence-corrected chi connectivity index (χ2v) is 5.14. The van der Waals surface area contributed by atoms with Crippen molar-refractivity contribution < 1.29 is 9.50 Å². The van der Waals surface area contributed by atoms with Crippen LogP contribution in [-0.2, 0) is 12.8 Å². The van der Waals surface area contributed by atoms with Crippen molar-refractivity contribution in [2.24, 2.45) is 0 Å². The SMILES string of the molecule is CCc1ncnc(N(C)C(C)Cc2ccc(O)cc2)c1F. The Morgan fingerprint density at radius 2 is 1.90 bits per heavy atom. The molecule has 1 heterocycles. The zero-order chi connectivity index (χ0) is 15.4. The molecule has 0 aliphatic heterocycles. The van der Waals surface area contributed by atoms with Crippen LogP contribution < -0.4 is 4.90 Å². The second kappa shape index (κ2) is 6.52. The van der Waals surface area contributed by atoms with E-state index in [2.05, 4.69) is 9.97 Å². The molecule has 0 fully saturated rings. The minimum atomic E-state index is -0.347. The van der Waals surface area contributed by atoms with Gasteiger partial charge in [-0.2, -0.15) is 0 Å². The van der Waals surface area contributed by atoms with Gasteiger partial charge in [0.2, 0.25) is 0 Å². The number of rotatable bonds is 5. The summed E-state index contributed by atoms with van der Waals surface area (Å²) in [6.45, 7) is 3.88. The second-order valence-electron chi connectivity index (χ2n) is 5.14. The number of benzene rings is 1. The van der Waals surface area contributed by atoms with Crippen LogP contribution in [0, 0.1) is 5.82 Å². The van der Waals surface area contributed by atoms with Gasteiger partial charge in [-0.05, 0) is 37.5 Å². The van der Waals surface area contributed by atoms with E-state index in [0.29, 0.717) is 17.9 Å². The topological polar surface area (TPSA) is 49.2 Å². The Bertz CT molecular complexity index is 601. The van der Waals surface area contributed by atoms with Gasteiger partial charge in [-0.3, -0.25) is 0 Å². The molecule has 1 unspecified atom stereocenters. The fourth-order valence-corrected chi connectivity index (χ4v) is 2.21. The van der Waals surface area contributed by atoms with Crippen LogP contribution in [0.2, 0.25) is 0 Å². The minimum Gasteiger partial charge on any atom is -0.508 e. The van der Waals surface area contributed by atoms with Gasteiger partial charge in [0.25, 0.3) is 0 Å². The van der Waals surface area contributed by atoms with Crippen LogP contribution in [-0.4, -0.2) is 28.2 Å². The molecule has 1 aromatic heterocycles. The van der Waals surface area contributed by atoms with Gasteiger partial charge in [-0.1, -0.05) is 19.1 Å². The number of likely N-dealkylation sites (N-methyl/N-ethyl adjacent to an activating group) is 1. The van der Waals surface area contributed by atoms with Gasteiger partial charge in [0.1, 0.15) is 12.1 Å². The third-order valence-corrected chi connectivity index (χ3v) is 3.64. The predicted molar refractivity (Wildman–Crippen MR) is 81.0 cm³/mol. The number of hydrogen-bond donors (Lipinski definition) is 1.